The predicted molar refractivity (Wildman–Crippen MR) is 113 cm³/mol. The molecule has 1 aliphatic heterocycles. The van der Waals surface area contributed by atoms with Crippen LogP contribution in [0.4, 0.5) is 0 Å². The average Bonchev–Trinajstić information content (AvgIpc) is 2.76. The number of nitrogens with one attached hydrogen (secondary N) is 1. The zero-order chi connectivity index (χ0) is 22.4. The van der Waals surface area contributed by atoms with Crippen LogP contribution in [0.3, 0.4) is 0 Å². The van der Waals surface area contributed by atoms with Gasteiger partial charge in [-0.3, -0.25) is 19.4 Å². The first-order valence-electron chi connectivity index (χ1n) is 9.78. The Kier molecular flexibility index (Phi) is 7.01. The fourth-order valence-corrected chi connectivity index (χ4v) is 4.45. The molecule has 0 unspecified atom stereocenters. The molecule has 9 nitrogen and oxygen atoms in total. The summed E-state index contributed by atoms with van der Waals surface area (Å²) in [5.41, 5.74) is 1.89. The Hall–Kier alpha value is -3.27. The van der Waals surface area contributed by atoms with Crippen LogP contribution in [0.25, 0.3) is 11.3 Å². The van der Waals surface area contributed by atoms with Crippen LogP contribution in [-0.4, -0.2) is 71.8 Å². The quantitative estimate of drug-likeness (QED) is 0.648. The topological polar surface area (TPSA) is 134 Å². The van der Waals surface area contributed by atoms with Gasteiger partial charge in [0.05, 0.1) is 17.2 Å². The maximum atomic E-state index is 12.8. The van der Waals surface area contributed by atoms with E-state index in [1.54, 1.807) is 36.5 Å². The molecule has 1 aliphatic rings. The smallest absolute Gasteiger partial charge is 0.303 e. The minimum atomic E-state index is -3.17. The van der Waals surface area contributed by atoms with Crippen molar-refractivity contribution in [3.8, 4) is 11.3 Å². The van der Waals surface area contributed by atoms with E-state index in [-0.39, 0.29) is 37.4 Å². The number of carbonyl (C=O) groups is 3. The summed E-state index contributed by atoms with van der Waals surface area (Å²) in [6.07, 6.45) is 1.27. The number of nitrogens with zero attached hydrogens (tertiary/aromatic N) is 2. The molecular weight excluding hydrogens is 422 g/mol. The van der Waals surface area contributed by atoms with Gasteiger partial charge in [-0.1, -0.05) is 18.2 Å². The van der Waals surface area contributed by atoms with Crippen LogP contribution in [0.1, 0.15) is 23.2 Å². The van der Waals surface area contributed by atoms with E-state index in [9.17, 15) is 22.8 Å². The molecule has 2 amide bonds. The first-order chi connectivity index (χ1) is 14.7. The molecule has 0 aliphatic carbocycles. The van der Waals surface area contributed by atoms with Crippen molar-refractivity contribution < 1.29 is 27.9 Å². The third-order valence-electron chi connectivity index (χ3n) is 5.01. The van der Waals surface area contributed by atoms with E-state index in [4.69, 9.17) is 5.11 Å². The number of hydrogen-bond acceptors (Lipinski definition) is 6. The summed E-state index contributed by atoms with van der Waals surface area (Å²) in [4.78, 5) is 42.1. The molecule has 2 heterocycles. The van der Waals surface area contributed by atoms with Gasteiger partial charge < -0.3 is 15.3 Å². The van der Waals surface area contributed by atoms with Gasteiger partial charge >= 0.3 is 5.97 Å². The maximum absolute atomic E-state index is 12.8. The fourth-order valence-electron chi connectivity index (χ4n) is 3.25. The van der Waals surface area contributed by atoms with Gasteiger partial charge in [0.15, 0.2) is 9.84 Å². The van der Waals surface area contributed by atoms with Crippen LogP contribution in [0.2, 0.25) is 0 Å². The molecule has 0 spiro atoms. The molecule has 3 rings (SSSR count). The van der Waals surface area contributed by atoms with Crippen LogP contribution >= 0.6 is 0 Å². The zero-order valence-corrected chi connectivity index (χ0v) is 17.5. The molecule has 2 N–H and O–H groups in total. The number of hydrogen-bond donors (Lipinski definition) is 2. The molecule has 164 valence electrons. The van der Waals surface area contributed by atoms with Crippen LogP contribution in [0.15, 0.2) is 48.7 Å². The van der Waals surface area contributed by atoms with E-state index in [1.807, 2.05) is 12.1 Å². The lowest BCUT2D eigenvalue weighted by molar-refractivity contribution is -0.138. The molecule has 2 aromatic rings. The summed E-state index contributed by atoms with van der Waals surface area (Å²) < 4.78 is 23.2. The summed E-state index contributed by atoms with van der Waals surface area (Å²) in [7, 11) is -3.17. The fraction of sp³-hybridized carbons (Fsp3) is 0.333. The number of sulfone groups is 1. The molecular formula is C21H23N3O6S. The highest BCUT2D eigenvalue weighted by Gasteiger charge is 2.31. The lowest BCUT2D eigenvalue weighted by atomic mass is 10.1. The number of carbonyl (C=O) groups excluding carboxylic acids is 2. The van der Waals surface area contributed by atoms with E-state index in [2.05, 4.69) is 10.3 Å². The minimum Gasteiger partial charge on any atom is -0.481 e. The summed E-state index contributed by atoms with van der Waals surface area (Å²) in [6, 6.07) is 11.1. The second-order valence-electron chi connectivity index (χ2n) is 7.23. The zero-order valence-electron chi connectivity index (χ0n) is 16.7. The van der Waals surface area contributed by atoms with Crippen molar-refractivity contribution >= 4 is 27.6 Å². The van der Waals surface area contributed by atoms with E-state index >= 15 is 0 Å². The van der Waals surface area contributed by atoms with Gasteiger partial charge in [0, 0.05) is 36.8 Å². The van der Waals surface area contributed by atoms with Crippen molar-refractivity contribution in [3.05, 3.63) is 54.2 Å². The number of aliphatic carboxylic acids is 1. The number of benzene rings is 1. The summed E-state index contributed by atoms with van der Waals surface area (Å²) in [6.45, 7) is 0.0543. The Morgan fingerprint density at radius 3 is 2.32 bits per heavy atom. The third kappa shape index (κ3) is 6.11. The van der Waals surface area contributed by atoms with Crippen LogP contribution in [0.5, 0.6) is 0 Å². The van der Waals surface area contributed by atoms with Gasteiger partial charge in [0.25, 0.3) is 5.91 Å². The van der Waals surface area contributed by atoms with Crippen molar-refractivity contribution in [2.75, 3.05) is 24.6 Å². The van der Waals surface area contributed by atoms with Gasteiger partial charge in [-0.15, -0.1) is 0 Å². The highest BCUT2D eigenvalue weighted by Crippen LogP contribution is 2.17. The predicted octanol–water partition coefficient (Wildman–Crippen LogP) is 0.969. The third-order valence-corrected chi connectivity index (χ3v) is 6.62. The number of carboxylic acid groups (broad SMARTS) is 1. The van der Waals surface area contributed by atoms with E-state index < -0.39 is 33.7 Å². The standard InChI is InChI=1S/C21H23N3O6S/c25-19(26)9-8-18(21(28)24-11-13-31(29,30)14-12-24)23-20(27)16-6-4-15(5-7-16)17-3-1-2-10-22-17/h1-7,10,18H,8-9,11-14H2,(H,23,27)(H,25,26)/t18-/m0/s1. The number of carboxylic acids is 1. The Morgan fingerprint density at radius 2 is 1.74 bits per heavy atom. The molecule has 0 saturated carbocycles. The SMILES string of the molecule is O=C(O)CC[C@H](NC(=O)c1ccc(-c2ccccn2)cc1)C(=O)N1CCS(=O)(=O)CC1. The highest BCUT2D eigenvalue weighted by atomic mass is 32.2. The van der Waals surface area contributed by atoms with Gasteiger partial charge in [-0.25, -0.2) is 8.42 Å². The van der Waals surface area contributed by atoms with Gasteiger partial charge in [0.2, 0.25) is 5.91 Å². The van der Waals surface area contributed by atoms with Crippen molar-refractivity contribution in [3.63, 3.8) is 0 Å². The summed E-state index contributed by atoms with van der Waals surface area (Å²) >= 11 is 0. The van der Waals surface area contributed by atoms with Gasteiger partial charge in [-0.05, 0) is 30.7 Å². The van der Waals surface area contributed by atoms with Crippen molar-refractivity contribution in [2.24, 2.45) is 0 Å². The number of amides is 2. The number of rotatable bonds is 7. The average molecular weight is 445 g/mol. The molecule has 31 heavy (non-hydrogen) atoms. The largest absolute Gasteiger partial charge is 0.481 e. The Balaban J connectivity index is 1.70. The van der Waals surface area contributed by atoms with Crippen LogP contribution < -0.4 is 5.32 Å². The van der Waals surface area contributed by atoms with Gasteiger partial charge in [-0.2, -0.15) is 0 Å². The monoisotopic (exact) mass is 445 g/mol. The van der Waals surface area contributed by atoms with Crippen LogP contribution in [0, 0.1) is 0 Å². The highest BCUT2D eigenvalue weighted by molar-refractivity contribution is 7.91. The van der Waals surface area contributed by atoms with Gasteiger partial charge in [0.1, 0.15) is 6.04 Å². The second kappa shape index (κ2) is 9.69. The van der Waals surface area contributed by atoms with E-state index in [0.717, 1.165) is 11.3 Å². The van der Waals surface area contributed by atoms with Crippen molar-refractivity contribution in [2.45, 2.75) is 18.9 Å². The van der Waals surface area contributed by atoms with Crippen molar-refractivity contribution in [1.82, 2.24) is 15.2 Å². The molecule has 1 fully saturated rings. The first kappa shape index (κ1) is 22.4. The molecule has 1 atom stereocenters. The molecule has 0 radical (unpaired) electrons. The first-order valence-corrected chi connectivity index (χ1v) is 11.6. The lowest BCUT2D eigenvalue weighted by Gasteiger charge is -2.30. The molecule has 1 saturated heterocycles. The second-order valence-corrected chi connectivity index (χ2v) is 9.53. The molecule has 1 aromatic heterocycles. The number of aromatic nitrogens is 1. The Labute approximate surface area is 180 Å². The van der Waals surface area contributed by atoms with E-state index in [0.29, 0.717) is 5.56 Å². The molecule has 1 aromatic carbocycles. The summed E-state index contributed by atoms with van der Waals surface area (Å²) in [5.74, 6) is -2.37. The summed E-state index contributed by atoms with van der Waals surface area (Å²) in [5, 5.41) is 11.6. The Morgan fingerprint density at radius 1 is 1.06 bits per heavy atom. The molecule has 0 bridgehead atoms. The van der Waals surface area contributed by atoms with Crippen molar-refractivity contribution in [1.29, 1.82) is 0 Å². The maximum Gasteiger partial charge on any atom is 0.303 e. The van der Waals surface area contributed by atoms with E-state index in [1.165, 1.54) is 4.90 Å². The number of pyridine rings is 1. The van der Waals surface area contributed by atoms with Crippen LogP contribution in [-0.2, 0) is 19.4 Å². The lowest BCUT2D eigenvalue weighted by Crippen LogP contribution is -2.53. The Bertz CT molecular complexity index is 1040. The normalized spacial score (nSPS) is 16.3. The minimum absolute atomic E-state index is 0.0272. The molecule has 10 heteroatoms.